The molecular weight excluding hydrogens is 202 g/mol. The number of alkyl halides is 2. The second kappa shape index (κ2) is 7.09. The van der Waals surface area contributed by atoms with Crippen LogP contribution in [0.2, 0.25) is 0 Å². The summed E-state index contributed by atoms with van der Waals surface area (Å²) in [6, 6.07) is 0.309. The molecule has 0 saturated carbocycles. The zero-order chi connectivity index (χ0) is 11.1. The Kier molecular flexibility index (Phi) is 6.05. The van der Waals surface area contributed by atoms with Gasteiger partial charge in [-0.15, -0.1) is 0 Å². The molecule has 1 atom stereocenters. The largest absolute Gasteiger partial charge is 0.395 e. The van der Waals surface area contributed by atoms with Crippen molar-refractivity contribution in [3.63, 3.8) is 0 Å². The summed E-state index contributed by atoms with van der Waals surface area (Å²) in [5.41, 5.74) is 0. The van der Waals surface area contributed by atoms with Crippen LogP contribution in [0.3, 0.4) is 0 Å². The summed E-state index contributed by atoms with van der Waals surface area (Å²) in [5, 5.41) is 12.1. The third-order valence-electron chi connectivity index (χ3n) is 2.70. The highest BCUT2D eigenvalue weighted by Gasteiger charge is 2.18. The molecule has 1 saturated heterocycles. The van der Waals surface area contributed by atoms with Gasteiger partial charge in [0.2, 0.25) is 0 Å². The Bertz CT molecular complexity index is 164. The van der Waals surface area contributed by atoms with E-state index in [0.29, 0.717) is 19.1 Å². The van der Waals surface area contributed by atoms with Gasteiger partial charge >= 0.3 is 0 Å². The van der Waals surface area contributed by atoms with Crippen molar-refractivity contribution >= 4 is 0 Å². The van der Waals surface area contributed by atoms with Crippen LogP contribution in [-0.2, 0) is 0 Å². The van der Waals surface area contributed by atoms with Crippen LogP contribution >= 0.6 is 0 Å². The summed E-state index contributed by atoms with van der Waals surface area (Å²) in [7, 11) is 0. The molecule has 90 valence electrons. The minimum atomic E-state index is -2.32. The van der Waals surface area contributed by atoms with Gasteiger partial charge in [-0.25, -0.2) is 8.78 Å². The van der Waals surface area contributed by atoms with Crippen LogP contribution in [0.5, 0.6) is 0 Å². The van der Waals surface area contributed by atoms with Crippen molar-refractivity contribution in [2.45, 2.75) is 31.7 Å². The predicted molar refractivity (Wildman–Crippen MR) is 55.2 cm³/mol. The second-order valence-corrected chi connectivity index (χ2v) is 4.02. The quantitative estimate of drug-likeness (QED) is 0.694. The lowest BCUT2D eigenvalue weighted by Gasteiger charge is -2.29. The van der Waals surface area contributed by atoms with E-state index < -0.39 is 6.43 Å². The number of hydrogen-bond donors (Lipinski definition) is 2. The first-order chi connectivity index (χ1) is 7.22. The maximum Gasteiger partial charge on any atom is 0.251 e. The van der Waals surface area contributed by atoms with Crippen molar-refractivity contribution < 1.29 is 13.9 Å². The molecule has 1 fully saturated rings. The molecule has 0 bridgehead atoms. The van der Waals surface area contributed by atoms with Crippen molar-refractivity contribution in [3.05, 3.63) is 0 Å². The Balaban J connectivity index is 2.28. The Hall–Kier alpha value is -0.260. The van der Waals surface area contributed by atoms with E-state index in [1.54, 1.807) is 4.90 Å². The van der Waals surface area contributed by atoms with Gasteiger partial charge in [0, 0.05) is 19.1 Å². The molecule has 5 heteroatoms. The van der Waals surface area contributed by atoms with Gasteiger partial charge in [-0.2, -0.15) is 0 Å². The first-order valence-corrected chi connectivity index (χ1v) is 5.57. The van der Waals surface area contributed by atoms with Crippen LogP contribution in [0.25, 0.3) is 0 Å². The van der Waals surface area contributed by atoms with Gasteiger partial charge in [-0.3, -0.25) is 4.90 Å². The number of nitrogens with one attached hydrogen (secondary N) is 1. The molecule has 0 aliphatic carbocycles. The smallest absolute Gasteiger partial charge is 0.251 e. The summed E-state index contributed by atoms with van der Waals surface area (Å²) < 4.78 is 24.4. The number of piperidine rings is 1. The van der Waals surface area contributed by atoms with Crippen molar-refractivity contribution in [2.24, 2.45) is 0 Å². The van der Waals surface area contributed by atoms with Crippen LogP contribution < -0.4 is 5.32 Å². The molecule has 0 aromatic rings. The van der Waals surface area contributed by atoms with Gasteiger partial charge in [-0.05, 0) is 19.4 Å². The molecule has 1 heterocycles. The lowest BCUT2D eigenvalue weighted by Crippen LogP contribution is -2.45. The van der Waals surface area contributed by atoms with E-state index in [2.05, 4.69) is 5.32 Å². The third kappa shape index (κ3) is 5.39. The monoisotopic (exact) mass is 222 g/mol. The van der Waals surface area contributed by atoms with E-state index in [-0.39, 0.29) is 13.2 Å². The van der Waals surface area contributed by atoms with Crippen molar-refractivity contribution in [1.82, 2.24) is 10.2 Å². The van der Waals surface area contributed by atoms with Crippen molar-refractivity contribution in [3.8, 4) is 0 Å². The van der Waals surface area contributed by atoms with Gasteiger partial charge in [0.05, 0.1) is 13.2 Å². The molecule has 0 radical (unpaired) electrons. The molecule has 1 aliphatic heterocycles. The Morgan fingerprint density at radius 1 is 1.40 bits per heavy atom. The van der Waals surface area contributed by atoms with E-state index >= 15 is 0 Å². The highest BCUT2D eigenvalue weighted by Crippen LogP contribution is 2.09. The molecule has 15 heavy (non-hydrogen) atoms. The molecule has 1 aliphatic rings. The van der Waals surface area contributed by atoms with Crippen LogP contribution in [0.15, 0.2) is 0 Å². The van der Waals surface area contributed by atoms with Crippen LogP contribution in [0.4, 0.5) is 8.78 Å². The Morgan fingerprint density at radius 2 is 2.20 bits per heavy atom. The van der Waals surface area contributed by atoms with Crippen LogP contribution in [0.1, 0.15) is 19.3 Å². The van der Waals surface area contributed by atoms with Gasteiger partial charge in [0.15, 0.2) is 0 Å². The van der Waals surface area contributed by atoms with E-state index in [1.807, 2.05) is 0 Å². The van der Waals surface area contributed by atoms with Crippen LogP contribution in [-0.4, -0.2) is 55.3 Å². The van der Waals surface area contributed by atoms with Crippen LogP contribution in [0, 0.1) is 0 Å². The molecule has 3 nitrogen and oxygen atoms in total. The minimum absolute atomic E-state index is 0.0561. The Labute approximate surface area is 89.5 Å². The molecule has 0 aromatic heterocycles. The first kappa shape index (κ1) is 12.8. The zero-order valence-electron chi connectivity index (χ0n) is 8.96. The van der Waals surface area contributed by atoms with Gasteiger partial charge < -0.3 is 10.4 Å². The predicted octanol–water partition coefficient (Wildman–Crippen LogP) is 0.688. The first-order valence-electron chi connectivity index (χ1n) is 5.57. The van der Waals surface area contributed by atoms with Gasteiger partial charge in [-0.1, -0.05) is 6.42 Å². The lowest BCUT2D eigenvalue weighted by atomic mass is 10.0. The van der Waals surface area contributed by atoms with E-state index in [0.717, 1.165) is 13.0 Å². The van der Waals surface area contributed by atoms with Gasteiger partial charge in [0.25, 0.3) is 6.43 Å². The second-order valence-electron chi connectivity index (χ2n) is 4.02. The maximum atomic E-state index is 12.2. The summed E-state index contributed by atoms with van der Waals surface area (Å²) in [5.74, 6) is 0. The van der Waals surface area contributed by atoms with Crippen molar-refractivity contribution in [1.29, 1.82) is 0 Å². The molecule has 0 amide bonds. The average Bonchev–Trinajstić information content (AvgIpc) is 2.18. The van der Waals surface area contributed by atoms with Crippen molar-refractivity contribution in [2.75, 3.05) is 32.8 Å². The summed E-state index contributed by atoms with van der Waals surface area (Å²) in [6.07, 6.45) is 1.07. The number of rotatable bonds is 6. The molecular formula is C10H20F2N2O. The highest BCUT2D eigenvalue weighted by atomic mass is 19.3. The third-order valence-corrected chi connectivity index (χ3v) is 2.70. The number of hydrogen-bond acceptors (Lipinski definition) is 3. The zero-order valence-corrected chi connectivity index (χ0v) is 8.96. The fraction of sp³-hybridized carbons (Fsp3) is 1.00. The molecule has 1 rings (SSSR count). The topological polar surface area (TPSA) is 35.5 Å². The fourth-order valence-electron chi connectivity index (χ4n) is 1.99. The summed E-state index contributed by atoms with van der Waals surface area (Å²) in [4.78, 5) is 1.63. The lowest BCUT2D eigenvalue weighted by molar-refractivity contribution is 0.0712. The fourth-order valence-corrected chi connectivity index (χ4v) is 1.99. The van der Waals surface area contributed by atoms with E-state index in [1.165, 1.54) is 12.8 Å². The normalized spacial score (nSPS) is 22.6. The number of aliphatic hydroxyl groups is 1. The number of aliphatic hydroxyl groups excluding tert-OH is 1. The summed E-state index contributed by atoms with van der Waals surface area (Å²) >= 11 is 0. The SMILES string of the molecule is OCCN(CC(F)F)CC1CCCCN1. The summed E-state index contributed by atoms with van der Waals surface area (Å²) in [6.45, 7) is 1.64. The van der Waals surface area contributed by atoms with E-state index in [4.69, 9.17) is 5.11 Å². The maximum absolute atomic E-state index is 12.2. The van der Waals surface area contributed by atoms with Gasteiger partial charge in [0.1, 0.15) is 0 Å². The minimum Gasteiger partial charge on any atom is -0.395 e. The molecule has 0 aromatic carbocycles. The standard InChI is InChI=1S/C10H20F2N2O/c11-10(12)8-14(5-6-15)7-9-3-1-2-4-13-9/h9-10,13,15H,1-8H2. The Morgan fingerprint density at radius 3 is 2.73 bits per heavy atom. The highest BCUT2D eigenvalue weighted by molar-refractivity contribution is 4.76. The van der Waals surface area contributed by atoms with E-state index in [9.17, 15) is 8.78 Å². The average molecular weight is 222 g/mol. The number of nitrogens with zero attached hydrogens (tertiary/aromatic N) is 1. The number of halogens is 2. The molecule has 2 N–H and O–H groups in total. The molecule has 1 unspecified atom stereocenters. The molecule has 0 spiro atoms.